The van der Waals surface area contributed by atoms with E-state index >= 15 is 0 Å². The van der Waals surface area contributed by atoms with E-state index in [4.69, 9.17) is 23.1 Å². The van der Waals surface area contributed by atoms with Gasteiger partial charge < -0.3 is 28.4 Å². The summed E-state index contributed by atoms with van der Waals surface area (Å²) < 4.78 is 28.1. The summed E-state index contributed by atoms with van der Waals surface area (Å²) in [5.41, 5.74) is 3.96. The number of carbonyl (C=O) groups is 1. The standard InChI is InChI=1S/C28H41NO6Si2/c1-18-10-11-20(14-19(18)2)21(12-13-28(3,4)27(34-36-8)35-37-9)17-29-26(30)22-15-23(31-5)25(33-7)24(16-22)32-6/h10-11,14-16,21,27H,12-13,17H2,1-9H3,(H,29,30). The fraction of sp³-hybridized carbons (Fsp3) is 0.536. The highest BCUT2D eigenvalue weighted by molar-refractivity contribution is 6.26. The molecule has 7 nitrogen and oxygen atoms in total. The second kappa shape index (κ2) is 14.6. The van der Waals surface area contributed by atoms with E-state index in [1.165, 1.54) is 38.0 Å². The zero-order valence-corrected chi connectivity index (χ0v) is 25.6. The summed E-state index contributed by atoms with van der Waals surface area (Å²) in [6.07, 6.45) is 1.49. The average Bonchev–Trinajstić information content (AvgIpc) is 2.89. The summed E-state index contributed by atoms with van der Waals surface area (Å²) in [5, 5.41) is 3.14. The molecule has 0 saturated carbocycles. The Bertz CT molecular complexity index is 999. The van der Waals surface area contributed by atoms with E-state index in [9.17, 15) is 4.79 Å². The Morgan fingerprint density at radius 3 is 2.00 bits per heavy atom. The summed E-state index contributed by atoms with van der Waals surface area (Å²) in [6, 6.07) is 9.87. The van der Waals surface area contributed by atoms with Crippen molar-refractivity contribution in [3.63, 3.8) is 0 Å². The minimum absolute atomic E-state index is 0.123. The third-order valence-corrected chi connectivity index (χ3v) is 7.56. The number of methoxy groups -OCH3 is 3. The van der Waals surface area contributed by atoms with Crippen molar-refractivity contribution >= 4 is 25.4 Å². The predicted octanol–water partition coefficient (Wildman–Crippen LogP) is 5.34. The van der Waals surface area contributed by atoms with Gasteiger partial charge in [-0.2, -0.15) is 0 Å². The summed E-state index contributed by atoms with van der Waals surface area (Å²) in [4.78, 5) is 13.2. The summed E-state index contributed by atoms with van der Waals surface area (Å²) in [7, 11) is 5.33. The zero-order chi connectivity index (χ0) is 27.6. The molecule has 1 unspecified atom stereocenters. The topological polar surface area (TPSA) is 75.3 Å². The number of amides is 1. The molecule has 1 atom stereocenters. The van der Waals surface area contributed by atoms with Gasteiger partial charge >= 0.3 is 0 Å². The molecular formula is C28H41NO6Si2. The fourth-order valence-corrected chi connectivity index (χ4v) is 5.42. The SMILES string of the molecule is COc1cc(C(=O)NCC(CCC(C)(C)C(O[Si]C)O[Si]C)c2ccc(C)c(C)c2)cc(OC)c1OC. The Morgan fingerprint density at radius 2 is 1.51 bits per heavy atom. The monoisotopic (exact) mass is 543 g/mol. The minimum Gasteiger partial charge on any atom is -0.493 e. The number of aryl methyl sites for hydroxylation is 2. The van der Waals surface area contributed by atoms with E-state index < -0.39 is 0 Å². The number of hydrogen-bond acceptors (Lipinski definition) is 6. The molecule has 1 amide bonds. The number of carbonyl (C=O) groups excluding carboxylic acids is 1. The number of hydrogen-bond donors (Lipinski definition) is 1. The van der Waals surface area contributed by atoms with Crippen LogP contribution in [0, 0.1) is 19.3 Å². The first-order valence-corrected chi connectivity index (χ1v) is 15.2. The molecule has 4 radical (unpaired) electrons. The molecule has 37 heavy (non-hydrogen) atoms. The van der Waals surface area contributed by atoms with Gasteiger partial charge in [0, 0.05) is 23.4 Å². The van der Waals surface area contributed by atoms with Crippen molar-refractivity contribution in [1.82, 2.24) is 5.32 Å². The molecule has 202 valence electrons. The van der Waals surface area contributed by atoms with Crippen molar-refractivity contribution < 1.29 is 27.9 Å². The normalized spacial score (nSPS) is 12.4. The van der Waals surface area contributed by atoms with Crippen molar-refractivity contribution in [1.29, 1.82) is 0 Å². The lowest BCUT2D eigenvalue weighted by Crippen LogP contribution is -2.37. The molecule has 0 spiro atoms. The van der Waals surface area contributed by atoms with Crippen LogP contribution in [0.4, 0.5) is 0 Å². The molecular weight excluding hydrogens is 502 g/mol. The highest BCUT2D eigenvalue weighted by Crippen LogP contribution is 2.38. The second-order valence-electron chi connectivity index (χ2n) is 9.67. The van der Waals surface area contributed by atoms with Gasteiger partial charge in [-0.05, 0) is 68.6 Å². The molecule has 0 aliphatic rings. The van der Waals surface area contributed by atoms with Crippen LogP contribution in [-0.2, 0) is 8.85 Å². The number of rotatable bonds is 15. The van der Waals surface area contributed by atoms with E-state index in [-0.39, 0.29) is 23.5 Å². The molecule has 1 N–H and O–H groups in total. The maximum atomic E-state index is 13.2. The first kappa shape index (κ1) is 30.9. The third kappa shape index (κ3) is 8.33. The van der Waals surface area contributed by atoms with Crippen LogP contribution in [-0.4, -0.2) is 59.6 Å². The van der Waals surface area contributed by atoms with Gasteiger partial charge in [-0.3, -0.25) is 4.79 Å². The van der Waals surface area contributed by atoms with Gasteiger partial charge in [0.2, 0.25) is 25.3 Å². The Balaban J connectivity index is 2.27. The van der Waals surface area contributed by atoms with E-state index in [1.54, 1.807) is 12.1 Å². The maximum Gasteiger partial charge on any atom is 0.251 e. The lowest BCUT2D eigenvalue weighted by Gasteiger charge is -2.35. The molecule has 2 rings (SSSR count). The van der Waals surface area contributed by atoms with Crippen molar-refractivity contribution in [2.24, 2.45) is 5.41 Å². The van der Waals surface area contributed by atoms with Crippen LogP contribution in [0.25, 0.3) is 0 Å². The van der Waals surface area contributed by atoms with Crippen molar-refractivity contribution in [3.8, 4) is 17.2 Å². The van der Waals surface area contributed by atoms with Crippen LogP contribution < -0.4 is 19.5 Å². The van der Waals surface area contributed by atoms with Gasteiger partial charge in [-0.25, -0.2) is 0 Å². The largest absolute Gasteiger partial charge is 0.493 e. The van der Waals surface area contributed by atoms with Gasteiger partial charge in [-0.15, -0.1) is 0 Å². The van der Waals surface area contributed by atoms with Gasteiger partial charge in [-0.1, -0.05) is 32.0 Å². The van der Waals surface area contributed by atoms with Gasteiger partial charge in [0.15, 0.2) is 11.5 Å². The van der Waals surface area contributed by atoms with Crippen LogP contribution in [0.15, 0.2) is 30.3 Å². The lowest BCUT2D eigenvalue weighted by molar-refractivity contribution is -0.0831. The Labute approximate surface area is 227 Å². The molecule has 9 heteroatoms. The summed E-state index contributed by atoms with van der Waals surface area (Å²) >= 11 is 0. The second-order valence-corrected chi connectivity index (χ2v) is 11.0. The van der Waals surface area contributed by atoms with E-state index in [1.807, 2.05) is 13.1 Å². The van der Waals surface area contributed by atoms with Crippen LogP contribution in [0.5, 0.6) is 17.2 Å². The van der Waals surface area contributed by atoms with Crippen LogP contribution in [0.1, 0.15) is 59.7 Å². The zero-order valence-electron chi connectivity index (χ0n) is 23.6. The van der Waals surface area contributed by atoms with Crippen molar-refractivity contribution in [2.75, 3.05) is 27.9 Å². The molecule has 0 fully saturated rings. The molecule has 0 aromatic heterocycles. The molecule has 0 bridgehead atoms. The predicted molar refractivity (Wildman–Crippen MR) is 149 cm³/mol. The molecule has 0 aliphatic carbocycles. The minimum atomic E-state index is -0.256. The number of benzene rings is 2. The van der Waals surface area contributed by atoms with Crippen LogP contribution >= 0.6 is 0 Å². The first-order chi connectivity index (χ1) is 17.6. The third-order valence-electron chi connectivity index (χ3n) is 6.66. The van der Waals surface area contributed by atoms with Gasteiger partial charge in [0.05, 0.1) is 21.3 Å². The van der Waals surface area contributed by atoms with Crippen molar-refractivity contribution in [2.45, 2.75) is 65.8 Å². The highest BCUT2D eigenvalue weighted by Gasteiger charge is 2.31. The summed E-state index contributed by atoms with van der Waals surface area (Å²) in [5.74, 6) is 1.27. The van der Waals surface area contributed by atoms with E-state index in [0.717, 1.165) is 12.8 Å². The maximum absolute atomic E-state index is 13.2. The molecule has 2 aromatic rings. The quantitative estimate of drug-likeness (QED) is 0.241. The Kier molecular flexibility index (Phi) is 12.2. The number of nitrogens with one attached hydrogen (secondary N) is 1. The van der Waals surface area contributed by atoms with E-state index in [2.05, 4.69) is 51.2 Å². The molecule has 0 saturated heterocycles. The fourth-order valence-electron chi connectivity index (χ4n) is 4.16. The molecule has 0 aliphatic heterocycles. The smallest absolute Gasteiger partial charge is 0.251 e. The highest BCUT2D eigenvalue weighted by atomic mass is 28.2. The van der Waals surface area contributed by atoms with Crippen LogP contribution in [0.2, 0.25) is 13.1 Å². The van der Waals surface area contributed by atoms with Gasteiger partial charge in [0.1, 0.15) is 6.29 Å². The Morgan fingerprint density at radius 1 is 0.919 bits per heavy atom. The Hall–Kier alpha value is -2.34. The summed E-state index contributed by atoms with van der Waals surface area (Å²) in [6.45, 7) is 13.1. The molecule has 2 aromatic carbocycles. The lowest BCUT2D eigenvalue weighted by atomic mass is 9.81. The van der Waals surface area contributed by atoms with Gasteiger partial charge in [0.25, 0.3) is 5.91 Å². The van der Waals surface area contributed by atoms with Crippen LogP contribution in [0.3, 0.4) is 0 Å². The number of ether oxygens (including phenoxy) is 3. The van der Waals surface area contributed by atoms with E-state index in [0.29, 0.717) is 48.9 Å². The average molecular weight is 544 g/mol. The van der Waals surface area contributed by atoms with Crippen molar-refractivity contribution in [3.05, 3.63) is 52.6 Å². The molecule has 0 heterocycles. The first-order valence-electron chi connectivity index (χ1n) is 12.4.